The van der Waals surface area contributed by atoms with Crippen molar-refractivity contribution < 1.29 is 15.0 Å². The fourth-order valence-corrected chi connectivity index (χ4v) is 3.35. The molecular formula is C17H11N3O3S2. The zero-order valence-electron chi connectivity index (χ0n) is 12.6. The number of nitrogens with zero attached hydrogens (tertiary/aromatic N) is 2. The van der Waals surface area contributed by atoms with E-state index in [1.165, 1.54) is 35.6 Å². The van der Waals surface area contributed by atoms with Crippen LogP contribution in [0.1, 0.15) is 5.56 Å². The van der Waals surface area contributed by atoms with E-state index in [0.29, 0.717) is 10.7 Å². The van der Waals surface area contributed by atoms with Gasteiger partial charge in [-0.25, -0.2) is 4.98 Å². The molecule has 0 spiro atoms. The van der Waals surface area contributed by atoms with E-state index < -0.39 is 5.91 Å². The number of rotatable bonds is 4. The second-order valence-corrected chi connectivity index (χ2v) is 6.56. The second-order valence-electron chi connectivity index (χ2n) is 4.92. The van der Waals surface area contributed by atoms with E-state index in [1.807, 2.05) is 28.3 Å². The lowest BCUT2D eigenvalue weighted by atomic mass is 10.1. The van der Waals surface area contributed by atoms with Crippen molar-refractivity contribution in [3.8, 4) is 28.8 Å². The molecule has 0 radical (unpaired) electrons. The molecule has 1 amide bonds. The molecule has 1 aromatic carbocycles. The summed E-state index contributed by atoms with van der Waals surface area (Å²) in [7, 11) is 0. The highest BCUT2D eigenvalue weighted by molar-refractivity contribution is 7.14. The number of aromatic hydroxyl groups is 2. The number of hydrogen-bond acceptors (Lipinski definition) is 7. The smallest absolute Gasteiger partial charge is 0.268 e. The quantitative estimate of drug-likeness (QED) is 0.368. The summed E-state index contributed by atoms with van der Waals surface area (Å²) in [5, 5.41) is 36.7. The minimum atomic E-state index is -0.596. The number of benzene rings is 1. The molecule has 0 unspecified atom stereocenters. The molecule has 0 aliphatic carbocycles. The second kappa shape index (κ2) is 7.17. The van der Waals surface area contributed by atoms with E-state index in [4.69, 9.17) is 0 Å². The van der Waals surface area contributed by atoms with Gasteiger partial charge in [0, 0.05) is 16.3 Å². The number of carbonyl (C=O) groups is 1. The summed E-state index contributed by atoms with van der Waals surface area (Å²) < 4.78 is 0. The molecule has 0 bridgehead atoms. The van der Waals surface area contributed by atoms with E-state index >= 15 is 0 Å². The number of thiazole rings is 1. The molecule has 25 heavy (non-hydrogen) atoms. The van der Waals surface area contributed by atoms with Gasteiger partial charge < -0.3 is 10.2 Å². The first kappa shape index (κ1) is 16.7. The minimum Gasteiger partial charge on any atom is -0.504 e. The van der Waals surface area contributed by atoms with E-state index in [1.54, 1.807) is 11.3 Å². The number of carbonyl (C=O) groups excluding carboxylic acids is 1. The SMILES string of the molecule is N#C/C(=C\c1ccc(O)c(O)c1)C(=O)Nc1nc(-c2ccsc2)cs1. The van der Waals surface area contributed by atoms with Crippen LogP contribution in [0.25, 0.3) is 17.3 Å². The number of aromatic nitrogens is 1. The van der Waals surface area contributed by atoms with Crippen LogP contribution in [-0.4, -0.2) is 21.1 Å². The topological polar surface area (TPSA) is 106 Å². The maximum absolute atomic E-state index is 12.3. The fourth-order valence-electron chi connectivity index (χ4n) is 1.98. The van der Waals surface area contributed by atoms with Crippen molar-refractivity contribution >= 4 is 39.8 Å². The summed E-state index contributed by atoms with van der Waals surface area (Å²) >= 11 is 2.82. The Hall–Kier alpha value is -3.15. The van der Waals surface area contributed by atoms with Gasteiger partial charge in [0.1, 0.15) is 11.6 Å². The summed E-state index contributed by atoms with van der Waals surface area (Å²) in [4.78, 5) is 16.6. The van der Waals surface area contributed by atoms with Crippen molar-refractivity contribution in [2.24, 2.45) is 0 Å². The average Bonchev–Trinajstić information content (AvgIpc) is 3.27. The van der Waals surface area contributed by atoms with Crippen LogP contribution in [0.3, 0.4) is 0 Å². The van der Waals surface area contributed by atoms with Crippen LogP contribution in [0, 0.1) is 11.3 Å². The van der Waals surface area contributed by atoms with E-state index in [-0.39, 0.29) is 17.1 Å². The molecule has 0 saturated carbocycles. The lowest BCUT2D eigenvalue weighted by molar-refractivity contribution is -0.112. The number of phenols is 2. The molecule has 0 aliphatic rings. The van der Waals surface area contributed by atoms with Crippen molar-refractivity contribution in [3.63, 3.8) is 0 Å². The van der Waals surface area contributed by atoms with Gasteiger partial charge in [-0.1, -0.05) is 6.07 Å². The molecule has 3 aromatic rings. The Morgan fingerprint density at radius 2 is 2.08 bits per heavy atom. The molecule has 0 saturated heterocycles. The number of amides is 1. The summed E-state index contributed by atoms with van der Waals surface area (Å²) in [5.41, 5.74) is 2.00. The molecule has 6 nitrogen and oxygen atoms in total. The van der Waals surface area contributed by atoms with Gasteiger partial charge in [-0.3, -0.25) is 10.1 Å². The van der Waals surface area contributed by atoms with Gasteiger partial charge >= 0.3 is 0 Å². The molecule has 124 valence electrons. The highest BCUT2D eigenvalue weighted by atomic mass is 32.1. The van der Waals surface area contributed by atoms with Crippen LogP contribution in [0.5, 0.6) is 11.5 Å². The number of phenolic OH excluding ortho intramolecular Hbond substituents is 2. The van der Waals surface area contributed by atoms with Crippen LogP contribution >= 0.6 is 22.7 Å². The first-order valence-electron chi connectivity index (χ1n) is 7.00. The minimum absolute atomic E-state index is 0.141. The van der Waals surface area contributed by atoms with Gasteiger partial charge in [0.2, 0.25) is 0 Å². The molecule has 8 heteroatoms. The number of anilines is 1. The van der Waals surface area contributed by atoms with Crippen molar-refractivity contribution in [3.05, 3.63) is 51.5 Å². The predicted molar refractivity (Wildman–Crippen MR) is 97.4 cm³/mol. The van der Waals surface area contributed by atoms with Crippen molar-refractivity contribution in [1.29, 1.82) is 5.26 Å². The molecular weight excluding hydrogens is 358 g/mol. The first-order valence-corrected chi connectivity index (χ1v) is 8.82. The third-order valence-corrected chi connectivity index (χ3v) is 4.66. The molecule has 2 heterocycles. The summed E-state index contributed by atoms with van der Waals surface area (Å²) in [6.07, 6.45) is 1.32. The predicted octanol–water partition coefficient (Wildman–Crippen LogP) is 3.83. The lowest BCUT2D eigenvalue weighted by Crippen LogP contribution is -2.13. The Balaban J connectivity index is 1.78. The van der Waals surface area contributed by atoms with Gasteiger partial charge in [-0.2, -0.15) is 16.6 Å². The molecule has 2 aromatic heterocycles. The zero-order chi connectivity index (χ0) is 17.8. The van der Waals surface area contributed by atoms with Gasteiger partial charge in [-0.15, -0.1) is 11.3 Å². The van der Waals surface area contributed by atoms with Crippen LogP contribution < -0.4 is 5.32 Å². The Bertz CT molecular complexity index is 985. The molecule has 0 aliphatic heterocycles. The van der Waals surface area contributed by atoms with Crippen LogP contribution in [0.2, 0.25) is 0 Å². The summed E-state index contributed by atoms with van der Waals surface area (Å²) in [5.74, 6) is -1.20. The third-order valence-electron chi connectivity index (χ3n) is 3.22. The number of hydrogen-bond donors (Lipinski definition) is 3. The number of thiophene rings is 1. The molecule has 3 N–H and O–H groups in total. The standard InChI is InChI=1S/C17H11N3O3S2/c18-7-12(5-10-1-2-14(21)15(22)6-10)16(23)20-17-19-13(9-25-17)11-3-4-24-8-11/h1-6,8-9,21-22H,(H,19,20,23)/b12-5+. The van der Waals surface area contributed by atoms with Gasteiger partial charge in [-0.05, 0) is 35.2 Å². The van der Waals surface area contributed by atoms with Gasteiger partial charge in [0.25, 0.3) is 5.91 Å². The fraction of sp³-hybridized carbons (Fsp3) is 0. The molecule has 3 rings (SSSR count). The highest BCUT2D eigenvalue weighted by Crippen LogP contribution is 2.28. The van der Waals surface area contributed by atoms with E-state index in [2.05, 4.69) is 10.3 Å². The monoisotopic (exact) mass is 369 g/mol. The van der Waals surface area contributed by atoms with Crippen molar-refractivity contribution in [2.75, 3.05) is 5.32 Å². The first-order chi connectivity index (χ1) is 12.1. The lowest BCUT2D eigenvalue weighted by Gasteiger charge is -2.02. The average molecular weight is 369 g/mol. The van der Waals surface area contributed by atoms with Crippen molar-refractivity contribution in [2.45, 2.75) is 0 Å². The number of nitrogens with one attached hydrogen (secondary N) is 1. The summed E-state index contributed by atoms with van der Waals surface area (Å²) in [6, 6.07) is 7.78. The Kier molecular flexibility index (Phi) is 4.79. The Labute approximate surface area is 151 Å². The van der Waals surface area contributed by atoms with Crippen LogP contribution in [-0.2, 0) is 4.79 Å². The maximum atomic E-state index is 12.3. The highest BCUT2D eigenvalue weighted by Gasteiger charge is 2.13. The maximum Gasteiger partial charge on any atom is 0.268 e. The normalized spacial score (nSPS) is 11.1. The van der Waals surface area contributed by atoms with Crippen LogP contribution in [0.4, 0.5) is 5.13 Å². The van der Waals surface area contributed by atoms with Gasteiger partial charge in [0.15, 0.2) is 16.6 Å². The van der Waals surface area contributed by atoms with Gasteiger partial charge in [0.05, 0.1) is 5.69 Å². The number of nitriles is 1. The molecule has 0 atom stereocenters. The zero-order valence-corrected chi connectivity index (χ0v) is 14.3. The van der Waals surface area contributed by atoms with Crippen LogP contribution in [0.15, 0.2) is 46.0 Å². The van der Waals surface area contributed by atoms with E-state index in [9.17, 15) is 20.3 Å². The van der Waals surface area contributed by atoms with E-state index in [0.717, 1.165) is 11.3 Å². The van der Waals surface area contributed by atoms with Crippen molar-refractivity contribution in [1.82, 2.24) is 4.98 Å². The third kappa shape index (κ3) is 3.85. The largest absolute Gasteiger partial charge is 0.504 e. The Morgan fingerprint density at radius 1 is 1.24 bits per heavy atom. The summed E-state index contributed by atoms with van der Waals surface area (Å²) in [6.45, 7) is 0. The molecule has 0 fully saturated rings. The Morgan fingerprint density at radius 3 is 2.76 bits per heavy atom.